The van der Waals surface area contributed by atoms with Crippen molar-refractivity contribution in [2.24, 2.45) is 12.8 Å². The molecule has 1 aliphatic carbocycles. The third-order valence-corrected chi connectivity index (χ3v) is 5.90. The van der Waals surface area contributed by atoms with Crippen molar-refractivity contribution in [1.82, 2.24) is 24.3 Å². The Labute approximate surface area is 166 Å². The van der Waals surface area contributed by atoms with Gasteiger partial charge in [0.15, 0.2) is 0 Å². The van der Waals surface area contributed by atoms with Crippen LogP contribution in [0.1, 0.15) is 29.8 Å². The Kier molecular flexibility index (Phi) is 3.69. The number of benzene rings is 1. The molecule has 0 radical (unpaired) electrons. The number of H-pyrrole nitrogens is 1. The quantitative estimate of drug-likeness (QED) is 0.557. The van der Waals surface area contributed by atoms with Gasteiger partial charge < -0.3 is 15.3 Å². The SMILES string of the molecule is Cn1cnnc1C1(c2cccc(-n3ccc4c(C#N)c[nH]c4c3=O)c2)CC(N)C1. The molecule has 0 atom stereocenters. The van der Waals surface area contributed by atoms with Crippen molar-refractivity contribution in [2.45, 2.75) is 24.3 Å². The van der Waals surface area contributed by atoms with Crippen LogP contribution in [0.3, 0.4) is 0 Å². The molecule has 0 unspecified atom stereocenters. The summed E-state index contributed by atoms with van der Waals surface area (Å²) in [5, 5.41) is 18.2. The molecule has 0 saturated heterocycles. The van der Waals surface area contributed by atoms with Crippen LogP contribution < -0.4 is 11.3 Å². The fourth-order valence-electron chi connectivity index (χ4n) is 4.47. The fourth-order valence-corrected chi connectivity index (χ4v) is 4.47. The van der Waals surface area contributed by atoms with E-state index in [4.69, 9.17) is 5.73 Å². The maximum Gasteiger partial charge on any atom is 0.279 e. The average Bonchev–Trinajstić information content (AvgIpc) is 3.32. The molecule has 4 aromatic rings. The minimum absolute atomic E-state index is 0.109. The summed E-state index contributed by atoms with van der Waals surface area (Å²) in [7, 11) is 1.93. The van der Waals surface area contributed by atoms with E-state index in [1.54, 1.807) is 29.4 Å². The van der Waals surface area contributed by atoms with Gasteiger partial charge in [0.05, 0.1) is 11.0 Å². The molecule has 5 rings (SSSR count). The molecule has 1 aliphatic rings. The third-order valence-electron chi connectivity index (χ3n) is 5.90. The van der Waals surface area contributed by atoms with Gasteiger partial charge in [-0.25, -0.2) is 0 Å². The van der Waals surface area contributed by atoms with Crippen LogP contribution in [0.15, 0.2) is 53.8 Å². The first-order valence-electron chi connectivity index (χ1n) is 9.37. The van der Waals surface area contributed by atoms with E-state index in [2.05, 4.69) is 27.3 Å². The predicted octanol–water partition coefficient (Wildman–Crippen LogP) is 1.73. The van der Waals surface area contributed by atoms with E-state index >= 15 is 0 Å². The predicted molar refractivity (Wildman–Crippen MR) is 108 cm³/mol. The molecule has 0 bridgehead atoms. The van der Waals surface area contributed by atoms with Crippen molar-refractivity contribution in [3.05, 3.63) is 76.4 Å². The lowest BCUT2D eigenvalue weighted by molar-refractivity contribution is 0.234. The van der Waals surface area contributed by atoms with Gasteiger partial charge in [0.2, 0.25) is 0 Å². The summed E-state index contributed by atoms with van der Waals surface area (Å²) in [5.41, 5.74) is 8.34. The summed E-state index contributed by atoms with van der Waals surface area (Å²) in [5.74, 6) is 0.877. The maximum atomic E-state index is 13.0. The summed E-state index contributed by atoms with van der Waals surface area (Å²) in [6.07, 6.45) is 6.52. The Morgan fingerprint density at radius 1 is 1.34 bits per heavy atom. The number of rotatable bonds is 3. The fraction of sp³-hybridized carbons (Fsp3) is 0.238. The number of nitrogens with zero attached hydrogens (tertiary/aromatic N) is 5. The van der Waals surface area contributed by atoms with Crippen molar-refractivity contribution in [2.75, 3.05) is 0 Å². The second-order valence-electron chi connectivity index (χ2n) is 7.66. The van der Waals surface area contributed by atoms with E-state index in [0.717, 1.165) is 29.9 Å². The number of hydrogen-bond acceptors (Lipinski definition) is 5. The van der Waals surface area contributed by atoms with Crippen molar-refractivity contribution in [3.8, 4) is 11.8 Å². The minimum Gasteiger partial charge on any atom is -0.355 e. The topological polar surface area (TPSA) is 118 Å². The van der Waals surface area contributed by atoms with Crippen LogP contribution in [0.25, 0.3) is 16.6 Å². The molecule has 1 saturated carbocycles. The Balaban J connectivity index is 1.65. The lowest BCUT2D eigenvalue weighted by Gasteiger charge is -2.45. The lowest BCUT2D eigenvalue weighted by Crippen LogP contribution is -2.51. The average molecular weight is 385 g/mol. The van der Waals surface area contributed by atoms with Crippen LogP contribution in [-0.4, -0.2) is 30.4 Å². The van der Waals surface area contributed by atoms with Crippen LogP contribution >= 0.6 is 0 Å². The van der Waals surface area contributed by atoms with Gasteiger partial charge in [-0.1, -0.05) is 12.1 Å². The Bertz CT molecular complexity index is 1330. The summed E-state index contributed by atoms with van der Waals surface area (Å²) in [4.78, 5) is 15.9. The molecule has 1 fully saturated rings. The molecule has 29 heavy (non-hydrogen) atoms. The van der Waals surface area contributed by atoms with Gasteiger partial charge >= 0.3 is 0 Å². The van der Waals surface area contributed by atoms with Crippen molar-refractivity contribution < 1.29 is 0 Å². The molecular formula is C21H19N7O. The van der Waals surface area contributed by atoms with Gasteiger partial charge in [-0.3, -0.25) is 9.36 Å². The highest BCUT2D eigenvalue weighted by Gasteiger charge is 2.48. The molecule has 8 heteroatoms. The van der Waals surface area contributed by atoms with Gasteiger partial charge in [-0.15, -0.1) is 10.2 Å². The molecule has 3 aromatic heterocycles. The van der Waals surface area contributed by atoms with E-state index in [1.807, 2.05) is 29.8 Å². The monoisotopic (exact) mass is 385 g/mol. The smallest absolute Gasteiger partial charge is 0.279 e. The molecule has 0 spiro atoms. The van der Waals surface area contributed by atoms with Crippen LogP contribution in [0.4, 0.5) is 0 Å². The normalized spacial score (nSPS) is 21.1. The van der Waals surface area contributed by atoms with E-state index in [9.17, 15) is 10.1 Å². The first-order chi connectivity index (χ1) is 14.0. The highest BCUT2D eigenvalue weighted by atomic mass is 16.1. The summed E-state index contributed by atoms with van der Waals surface area (Å²) in [6, 6.07) is 11.9. The molecule has 8 nitrogen and oxygen atoms in total. The molecule has 0 aliphatic heterocycles. The first-order valence-corrected chi connectivity index (χ1v) is 9.37. The van der Waals surface area contributed by atoms with E-state index < -0.39 is 0 Å². The maximum absolute atomic E-state index is 13.0. The van der Waals surface area contributed by atoms with Crippen LogP contribution in [0.2, 0.25) is 0 Å². The number of nitriles is 1. The lowest BCUT2D eigenvalue weighted by atomic mass is 9.61. The standard InChI is InChI=1S/C21H19N7O/c1-27-12-25-26-20(27)21(8-15(23)9-21)14-3-2-4-16(7-14)28-6-5-17-13(10-22)11-24-18(17)19(28)29/h2-7,11-12,15,24H,8-9,23H2,1H3. The number of pyridine rings is 1. The summed E-state index contributed by atoms with van der Waals surface area (Å²) >= 11 is 0. The number of hydrogen-bond donors (Lipinski definition) is 2. The van der Waals surface area contributed by atoms with Crippen molar-refractivity contribution in [3.63, 3.8) is 0 Å². The zero-order valence-corrected chi connectivity index (χ0v) is 15.8. The largest absolute Gasteiger partial charge is 0.355 e. The van der Waals surface area contributed by atoms with Crippen LogP contribution in [0, 0.1) is 11.3 Å². The van der Waals surface area contributed by atoms with Gasteiger partial charge in [-0.05, 0) is 36.6 Å². The molecular weight excluding hydrogens is 366 g/mol. The van der Waals surface area contributed by atoms with Gasteiger partial charge in [0, 0.05) is 36.6 Å². The van der Waals surface area contributed by atoms with E-state index in [1.165, 1.54) is 0 Å². The van der Waals surface area contributed by atoms with E-state index in [-0.39, 0.29) is 17.0 Å². The molecule has 0 amide bonds. The van der Waals surface area contributed by atoms with Crippen LogP contribution in [0.5, 0.6) is 0 Å². The Morgan fingerprint density at radius 3 is 2.86 bits per heavy atom. The van der Waals surface area contributed by atoms with Gasteiger partial charge in [-0.2, -0.15) is 5.26 Å². The Morgan fingerprint density at radius 2 is 2.17 bits per heavy atom. The van der Waals surface area contributed by atoms with Crippen molar-refractivity contribution >= 4 is 10.9 Å². The number of nitrogens with one attached hydrogen (secondary N) is 1. The number of nitrogens with two attached hydrogens (primary N) is 1. The molecule has 3 heterocycles. The number of fused-ring (bicyclic) bond motifs is 1. The number of aromatic nitrogens is 5. The van der Waals surface area contributed by atoms with E-state index in [0.29, 0.717) is 16.5 Å². The molecule has 1 aromatic carbocycles. The second-order valence-corrected chi connectivity index (χ2v) is 7.66. The molecule has 3 N–H and O–H groups in total. The second kappa shape index (κ2) is 6.15. The minimum atomic E-state index is -0.311. The highest BCUT2D eigenvalue weighted by molar-refractivity contribution is 5.84. The Hall–Kier alpha value is -3.70. The van der Waals surface area contributed by atoms with Crippen molar-refractivity contribution in [1.29, 1.82) is 5.26 Å². The summed E-state index contributed by atoms with van der Waals surface area (Å²) in [6.45, 7) is 0. The number of aryl methyl sites for hydroxylation is 1. The zero-order valence-electron chi connectivity index (χ0n) is 15.8. The van der Waals surface area contributed by atoms with Crippen LogP contribution in [-0.2, 0) is 12.5 Å². The number of aromatic amines is 1. The molecule has 144 valence electrons. The third kappa shape index (κ3) is 2.45. The van der Waals surface area contributed by atoms with Gasteiger partial charge in [0.25, 0.3) is 5.56 Å². The van der Waals surface area contributed by atoms with Gasteiger partial charge in [0.1, 0.15) is 23.7 Å². The highest BCUT2D eigenvalue weighted by Crippen LogP contribution is 2.47. The first kappa shape index (κ1) is 17.4. The summed E-state index contributed by atoms with van der Waals surface area (Å²) < 4.78 is 3.52. The zero-order chi connectivity index (χ0) is 20.2.